The van der Waals surface area contributed by atoms with Crippen LogP contribution in [0, 0.1) is 0 Å². The highest BCUT2D eigenvalue weighted by Gasteiger charge is 2.14. The van der Waals surface area contributed by atoms with E-state index in [9.17, 15) is 13.9 Å². The number of anilines is 1. The van der Waals surface area contributed by atoms with Gasteiger partial charge >= 0.3 is 6.61 Å². The van der Waals surface area contributed by atoms with E-state index in [4.69, 9.17) is 0 Å². The fourth-order valence-electron chi connectivity index (χ4n) is 3.63. The Labute approximate surface area is 181 Å². The molecule has 0 aliphatic carbocycles. The average molecular weight is 433 g/mol. The third-order valence-electron chi connectivity index (χ3n) is 5.21. The lowest BCUT2D eigenvalue weighted by Gasteiger charge is -2.27. The van der Waals surface area contributed by atoms with Crippen LogP contribution in [-0.4, -0.2) is 44.4 Å². The Balaban J connectivity index is 1.58. The molecule has 0 saturated heterocycles. The van der Waals surface area contributed by atoms with Crippen molar-refractivity contribution >= 4 is 11.6 Å². The zero-order valence-corrected chi connectivity index (χ0v) is 17.9. The number of guanidine groups is 1. The molecular weight excluding hydrogens is 402 g/mol. The summed E-state index contributed by atoms with van der Waals surface area (Å²) in [6.45, 7) is 1.65. The molecule has 1 heterocycles. The van der Waals surface area contributed by atoms with Gasteiger partial charge in [-0.25, -0.2) is 4.99 Å². The lowest BCUT2D eigenvalue weighted by Crippen LogP contribution is -2.39. The van der Waals surface area contributed by atoms with Gasteiger partial charge in [-0.15, -0.1) is 0 Å². The van der Waals surface area contributed by atoms with Gasteiger partial charge in [-0.2, -0.15) is 8.78 Å². The van der Waals surface area contributed by atoms with E-state index < -0.39 is 12.7 Å². The molecular formula is C23H30F2N4O2. The molecule has 3 rings (SSSR count). The van der Waals surface area contributed by atoms with Crippen LogP contribution in [0.3, 0.4) is 0 Å². The summed E-state index contributed by atoms with van der Waals surface area (Å²) in [6.07, 6.45) is 1.43. The summed E-state index contributed by atoms with van der Waals surface area (Å²) < 4.78 is 28.8. The van der Waals surface area contributed by atoms with Gasteiger partial charge in [0, 0.05) is 32.4 Å². The van der Waals surface area contributed by atoms with E-state index in [-0.39, 0.29) is 12.3 Å². The molecule has 0 saturated carbocycles. The molecule has 6 nitrogen and oxygen atoms in total. The van der Waals surface area contributed by atoms with Crippen LogP contribution >= 0.6 is 0 Å². The molecule has 2 aromatic carbocycles. The van der Waals surface area contributed by atoms with Crippen LogP contribution in [0.2, 0.25) is 0 Å². The molecule has 0 fully saturated rings. The van der Waals surface area contributed by atoms with Gasteiger partial charge < -0.3 is 25.4 Å². The van der Waals surface area contributed by atoms with Crippen molar-refractivity contribution in [2.45, 2.75) is 39.0 Å². The molecule has 0 aromatic heterocycles. The third kappa shape index (κ3) is 6.55. The average Bonchev–Trinajstić information content (AvgIpc) is 2.75. The molecule has 1 unspecified atom stereocenters. The summed E-state index contributed by atoms with van der Waals surface area (Å²) in [5, 5.41) is 16.7. The number of aliphatic imine (C=N–C) groups is 1. The van der Waals surface area contributed by atoms with Crippen molar-refractivity contribution in [3.63, 3.8) is 0 Å². The van der Waals surface area contributed by atoms with E-state index in [0.717, 1.165) is 24.9 Å². The Kier molecular flexibility index (Phi) is 8.06. The van der Waals surface area contributed by atoms with E-state index in [1.165, 1.54) is 23.4 Å². The van der Waals surface area contributed by atoms with Crippen molar-refractivity contribution in [2.75, 3.05) is 31.6 Å². The molecule has 1 aliphatic heterocycles. The molecule has 31 heavy (non-hydrogen) atoms. The van der Waals surface area contributed by atoms with Crippen molar-refractivity contribution < 1.29 is 18.6 Å². The highest BCUT2D eigenvalue weighted by Crippen LogP contribution is 2.27. The van der Waals surface area contributed by atoms with Gasteiger partial charge in [0.2, 0.25) is 0 Å². The first-order valence-electron chi connectivity index (χ1n) is 10.5. The molecule has 0 spiro atoms. The van der Waals surface area contributed by atoms with Crippen molar-refractivity contribution in [1.29, 1.82) is 0 Å². The van der Waals surface area contributed by atoms with Gasteiger partial charge in [0.05, 0.1) is 12.6 Å². The first-order valence-corrected chi connectivity index (χ1v) is 10.5. The second kappa shape index (κ2) is 10.9. The van der Waals surface area contributed by atoms with Crippen LogP contribution < -0.4 is 20.3 Å². The molecule has 8 heteroatoms. The molecule has 3 N–H and O–H groups in total. The first kappa shape index (κ1) is 22.8. The van der Waals surface area contributed by atoms with Crippen LogP contribution in [0.15, 0.2) is 47.5 Å². The van der Waals surface area contributed by atoms with Crippen LogP contribution in [0.1, 0.15) is 36.1 Å². The van der Waals surface area contributed by atoms with Gasteiger partial charge in [0.15, 0.2) is 5.96 Å². The number of nitrogens with zero attached hydrogens (tertiary/aromatic N) is 2. The van der Waals surface area contributed by atoms with E-state index in [1.807, 2.05) is 6.92 Å². The van der Waals surface area contributed by atoms with E-state index in [1.54, 1.807) is 12.1 Å². The molecule has 168 valence electrons. The summed E-state index contributed by atoms with van der Waals surface area (Å²) in [7, 11) is 2.12. The summed E-state index contributed by atoms with van der Waals surface area (Å²) in [4.78, 5) is 6.91. The minimum Gasteiger partial charge on any atom is -0.435 e. The number of hydrogen-bond donors (Lipinski definition) is 3. The Morgan fingerprint density at radius 3 is 2.68 bits per heavy atom. The standard InChI is InChI=1S/C23H30F2N4O2/c1-3-26-23(27-14-16-6-11-20-18(13-16)5-4-12-29(20)2)28-15-21(30)17-7-9-19(10-8-17)31-22(24)25/h6-11,13,21-22,30H,3-5,12,14-15H2,1-2H3,(H2,26,27,28). The van der Waals surface area contributed by atoms with Gasteiger partial charge in [0.25, 0.3) is 0 Å². The van der Waals surface area contributed by atoms with Crippen molar-refractivity contribution in [1.82, 2.24) is 10.6 Å². The third-order valence-corrected chi connectivity index (χ3v) is 5.21. The molecule has 1 atom stereocenters. The number of aliphatic hydroxyl groups is 1. The Bertz CT molecular complexity index is 874. The van der Waals surface area contributed by atoms with Gasteiger partial charge in [0.1, 0.15) is 5.75 Å². The van der Waals surface area contributed by atoms with Gasteiger partial charge in [-0.1, -0.05) is 24.3 Å². The number of halogens is 2. The van der Waals surface area contributed by atoms with Crippen LogP contribution in [0.25, 0.3) is 0 Å². The van der Waals surface area contributed by atoms with Crippen LogP contribution in [-0.2, 0) is 13.0 Å². The van der Waals surface area contributed by atoms with Crippen molar-refractivity contribution in [3.8, 4) is 5.75 Å². The number of ether oxygens (including phenoxy) is 1. The number of rotatable bonds is 8. The lowest BCUT2D eigenvalue weighted by molar-refractivity contribution is -0.0498. The molecule has 0 amide bonds. The number of nitrogens with one attached hydrogen (secondary N) is 2. The van der Waals surface area contributed by atoms with Crippen molar-refractivity contribution in [2.24, 2.45) is 4.99 Å². The summed E-state index contributed by atoms with van der Waals surface area (Å²) >= 11 is 0. The Morgan fingerprint density at radius 1 is 1.19 bits per heavy atom. The predicted octanol–water partition coefficient (Wildman–Crippen LogP) is 3.46. The largest absolute Gasteiger partial charge is 0.435 e. The summed E-state index contributed by atoms with van der Waals surface area (Å²) in [5.41, 5.74) is 4.39. The van der Waals surface area contributed by atoms with E-state index >= 15 is 0 Å². The minimum absolute atomic E-state index is 0.0602. The number of benzene rings is 2. The number of hydrogen-bond acceptors (Lipinski definition) is 4. The monoisotopic (exact) mass is 432 g/mol. The SMILES string of the molecule is CCNC(=NCc1ccc2c(c1)CCCN2C)NCC(O)c1ccc(OC(F)F)cc1. The molecule has 0 bridgehead atoms. The summed E-state index contributed by atoms with van der Waals surface area (Å²) in [5.74, 6) is 0.666. The highest BCUT2D eigenvalue weighted by molar-refractivity contribution is 5.79. The van der Waals surface area contributed by atoms with Gasteiger partial charge in [-0.05, 0) is 54.7 Å². The molecule has 0 radical (unpaired) electrons. The van der Waals surface area contributed by atoms with E-state index in [2.05, 4.69) is 50.5 Å². The lowest BCUT2D eigenvalue weighted by atomic mass is 10.00. The maximum absolute atomic E-state index is 12.3. The molecule has 1 aliphatic rings. The number of fused-ring (bicyclic) bond motifs is 1. The normalized spacial score (nSPS) is 14.9. The highest BCUT2D eigenvalue weighted by atomic mass is 19.3. The maximum Gasteiger partial charge on any atom is 0.387 e. The fraction of sp³-hybridized carbons (Fsp3) is 0.435. The molecule has 2 aromatic rings. The smallest absolute Gasteiger partial charge is 0.387 e. The topological polar surface area (TPSA) is 69.1 Å². The zero-order valence-electron chi connectivity index (χ0n) is 17.9. The Morgan fingerprint density at radius 2 is 1.97 bits per heavy atom. The van der Waals surface area contributed by atoms with Crippen LogP contribution in [0.4, 0.5) is 14.5 Å². The number of aryl methyl sites for hydroxylation is 1. The zero-order chi connectivity index (χ0) is 22.2. The summed E-state index contributed by atoms with van der Waals surface area (Å²) in [6, 6.07) is 12.4. The minimum atomic E-state index is -2.87. The quantitative estimate of drug-likeness (QED) is 0.440. The second-order valence-electron chi connectivity index (χ2n) is 7.53. The second-order valence-corrected chi connectivity index (χ2v) is 7.53. The van der Waals surface area contributed by atoms with Gasteiger partial charge in [-0.3, -0.25) is 0 Å². The fourth-order valence-corrected chi connectivity index (χ4v) is 3.63. The maximum atomic E-state index is 12.3. The first-order chi connectivity index (χ1) is 15.0. The van der Waals surface area contributed by atoms with Crippen molar-refractivity contribution in [3.05, 3.63) is 59.2 Å². The number of alkyl halides is 2. The van der Waals surface area contributed by atoms with Crippen LogP contribution in [0.5, 0.6) is 5.75 Å². The van der Waals surface area contributed by atoms with E-state index in [0.29, 0.717) is 24.6 Å². The number of aliphatic hydroxyl groups excluding tert-OH is 1. The predicted molar refractivity (Wildman–Crippen MR) is 119 cm³/mol. The Hall–Kier alpha value is -2.87.